The van der Waals surface area contributed by atoms with E-state index in [4.69, 9.17) is 5.10 Å². The number of nitrogens with zero attached hydrogens (tertiary/aromatic N) is 3. The summed E-state index contributed by atoms with van der Waals surface area (Å²) >= 11 is 0. The monoisotopic (exact) mass is 334 g/mol. The largest absolute Gasteiger partial charge is 0.317 e. The fourth-order valence-corrected chi connectivity index (χ4v) is 4.50. The summed E-state index contributed by atoms with van der Waals surface area (Å²) in [6, 6.07) is 13.5. The van der Waals surface area contributed by atoms with Gasteiger partial charge in [0.25, 0.3) is 0 Å². The topological polar surface area (TPSA) is 53.6 Å². The normalized spacial score (nSPS) is 20.8. The molecule has 1 aromatic carbocycles. The molecule has 2 aliphatic rings. The molecule has 1 fully saturated rings. The molecule has 4 nitrogen and oxygen atoms in total. The van der Waals surface area contributed by atoms with Gasteiger partial charge in [0.1, 0.15) is 0 Å². The van der Waals surface area contributed by atoms with Gasteiger partial charge in [0.05, 0.1) is 17.8 Å². The molecule has 4 rings (SSSR count). The Labute approximate surface area is 149 Å². The van der Waals surface area contributed by atoms with E-state index in [0.29, 0.717) is 18.4 Å². The summed E-state index contributed by atoms with van der Waals surface area (Å²) in [5.41, 5.74) is 5.33. The first-order chi connectivity index (χ1) is 12.4. The third-order valence-corrected chi connectivity index (χ3v) is 5.71. The molecule has 0 amide bonds. The fourth-order valence-electron chi connectivity index (χ4n) is 4.50. The van der Waals surface area contributed by atoms with E-state index in [1.807, 2.05) is 0 Å². The van der Waals surface area contributed by atoms with Crippen LogP contribution < -0.4 is 5.32 Å². The molecule has 2 heterocycles. The summed E-state index contributed by atoms with van der Waals surface area (Å²) < 4.78 is 2.35. The summed E-state index contributed by atoms with van der Waals surface area (Å²) in [5.74, 6) is 0.364. The summed E-state index contributed by atoms with van der Waals surface area (Å²) in [6.07, 6.45) is 7.23. The number of hydrogen-bond donors (Lipinski definition) is 1. The smallest absolute Gasteiger partial charge is 0.0706 e. The molecule has 0 bridgehead atoms. The van der Waals surface area contributed by atoms with E-state index in [1.54, 1.807) is 0 Å². The van der Waals surface area contributed by atoms with Gasteiger partial charge < -0.3 is 5.32 Å². The maximum atomic E-state index is 9.29. The highest BCUT2D eigenvalue weighted by atomic mass is 15.3. The second-order valence-corrected chi connectivity index (χ2v) is 7.35. The van der Waals surface area contributed by atoms with Crippen LogP contribution in [0.1, 0.15) is 66.6 Å². The van der Waals surface area contributed by atoms with Gasteiger partial charge in [0, 0.05) is 30.0 Å². The zero-order chi connectivity index (χ0) is 17.1. The molecule has 1 unspecified atom stereocenters. The molecule has 2 aromatic rings. The van der Waals surface area contributed by atoms with E-state index in [9.17, 15) is 5.26 Å². The van der Waals surface area contributed by atoms with E-state index >= 15 is 0 Å². The van der Waals surface area contributed by atoms with Crippen molar-refractivity contribution in [2.75, 3.05) is 13.1 Å². The first-order valence-corrected chi connectivity index (χ1v) is 9.58. The minimum absolute atomic E-state index is 0.364. The molecule has 1 N–H and O–H groups in total. The van der Waals surface area contributed by atoms with E-state index in [2.05, 4.69) is 46.4 Å². The van der Waals surface area contributed by atoms with Crippen LogP contribution in [0.25, 0.3) is 0 Å². The SMILES string of the molecule is N#CCC1CCCc2c1c(Cc1ccccc1)nn2C1CCNCC1. The number of fused-ring (bicyclic) bond motifs is 1. The molecule has 1 saturated heterocycles. The molecule has 4 heteroatoms. The van der Waals surface area contributed by atoms with Crippen LogP contribution in [0.5, 0.6) is 0 Å². The highest BCUT2D eigenvalue weighted by Gasteiger charge is 2.31. The Kier molecular flexibility index (Phi) is 4.85. The number of aromatic nitrogens is 2. The predicted molar refractivity (Wildman–Crippen MR) is 98.5 cm³/mol. The van der Waals surface area contributed by atoms with Gasteiger partial charge in [-0.05, 0) is 50.8 Å². The van der Waals surface area contributed by atoms with Gasteiger partial charge in [-0.2, -0.15) is 10.4 Å². The second-order valence-electron chi connectivity index (χ2n) is 7.35. The minimum Gasteiger partial charge on any atom is -0.317 e. The number of benzene rings is 1. The molecule has 1 aliphatic heterocycles. The third kappa shape index (κ3) is 3.34. The van der Waals surface area contributed by atoms with Crippen molar-refractivity contribution in [3.05, 3.63) is 52.8 Å². The Morgan fingerprint density at radius 3 is 2.72 bits per heavy atom. The van der Waals surface area contributed by atoms with E-state index in [1.165, 1.54) is 28.9 Å². The Bertz CT molecular complexity index is 750. The van der Waals surface area contributed by atoms with Crippen LogP contribution in [-0.4, -0.2) is 22.9 Å². The third-order valence-electron chi connectivity index (χ3n) is 5.71. The Balaban J connectivity index is 1.74. The second kappa shape index (κ2) is 7.41. The lowest BCUT2D eigenvalue weighted by Crippen LogP contribution is -2.31. The lowest BCUT2D eigenvalue weighted by atomic mass is 9.82. The van der Waals surface area contributed by atoms with Crippen molar-refractivity contribution in [2.24, 2.45) is 0 Å². The van der Waals surface area contributed by atoms with Gasteiger partial charge in [0.15, 0.2) is 0 Å². The summed E-state index contributed by atoms with van der Waals surface area (Å²) in [4.78, 5) is 0. The highest BCUT2D eigenvalue weighted by molar-refractivity contribution is 5.37. The molecule has 1 atom stereocenters. The average Bonchev–Trinajstić information content (AvgIpc) is 3.03. The van der Waals surface area contributed by atoms with Crippen molar-refractivity contribution in [2.45, 2.75) is 56.9 Å². The predicted octanol–water partition coefficient (Wildman–Crippen LogP) is 3.73. The fraction of sp³-hybridized carbons (Fsp3) is 0.524. The highest BCUT2D eigenvalue weighted by Crippen LogP contribution is 2.39. The van der Waals surface area contributed by atoms with Crippen LogP contribution in [0.2, 0.25) is 0 Å². The minimum atomic E-state index is 0.364. The van der Waals surface area contributed by atoms with Crippen LogP contribution in [0.3, 0.4) is 0 Å². The summed E-state index contributed by atoms with van der Waals surface area (Å²) in [6.45, 7) is 2.16. The first-order valence-electron chi connectivity index (χ1n) is 9.58. The molecular weight excluding hydrogens is 308 g/mol. The lowest BCUT2D eigenvalue weighted by molar-refractivity contribution is 0.330. The van der Waals surface area contributed by atoms with Gasteiger partial charge in [-0.1, -0.05) is 30.3 Å². The number of nitriles is 1. The Morgan fingerprint density at radius 1 is 1.16 bits per heavy atom. The van der Waals surface area contributed by atoms with Crippen LogP contribution in [0.4, 0.5) is 0 Å². The van der Waals surface area contributed by atoms with E-state index in [0.717, 1.165) is 45.2 Å². The molecule has 25 heavy (non-hydrogen) atoms. The standard InChI is InChI=1S/C21H26N4/c22-12-9-17-7-4-8-20-21(17)19(15-16-5-2-1-3-6-16)24-25(20)18-10-13-23-14-11-18/h1-3,5-6,17-18,23H,4,7-11,13-15H2. The van der Waals surface area contributed by atoms with Gasteiger partial charge in [-0.3, -0.25) is 4.68 Å². The number of piperidine rings is 1. The maximum Gasteiger partial charge on any atom is 0.0706 e. The number of rotatable bonds is 4. The van der Waals surface area contributed by atoms with E-state index in [-0.39, 0.29) is 0 Å². The Hall–Kier alpha value is -2.12. The number of nitrogens with one attached hydrogen (secondary N) is 1. The maximum absolute atomic E-state index is 9.29. The van der Waals surface area contributed by atoms with Crippen molar-refractivity contribution in [3.63, 3.8) is 0 Å². The van der Waals surface area contributed by atoms with Crippen LogP contribution in [0.15, 0.2) is 30.3 Å². The van der Waals surface area contributed by atoms with Crippen molar-refractivity contribution in [3.8, 4) is 6.07 Å². The van der Waals surface area contributed by atoms with Crippen LogP contribution in [-0.2, 0) is 12.8 Å². The van der Waals surface area contributed by atoms with Crippen molar-refractivity contribution in [1.82, 2.24) is 15.1 Å². The van der Waals surface area contributed by atoms with Gasteiger partial charge in [-0.15, -0.1) is 0 Å². The number of hydrogen-bond acceptors (Lipinski definition) is 3. The zero-order valence-electron chi connectivity index (χ0n) is 14.7. The molecule has 0 spiro atoms. The first kappa shape index (κ1) is 16.4. The molecule has 1 aromatic heterocycles. The molecule has 0 saturated carbocycles. The van der Waals surface area contributed by atoms with Crippen molar-refractivity contribution >= 4 is 0 Å². The molecular formula is C21H26N4. The van der Waals surface area contributed by atoms with Gasteiger partial charge >= 0.3 is 0 Å². The lowest BCUT2D eigenvalue weighted by Gasteiger charge is -2.27. The summed E-state index contributed by atoms with van der Waals surface area (Å²) in [5, 5.41) is 17.9. The van der Waals surface area contributed by atoms with Gasteiger partial charge in [-0.25, -0.2) is 0 Å². The summed E-state index contributed by atoms with van der Waals surface area (Å²) in [7, 11) is 0. The average molecular weight is 334 g/mol. The quantitative estimate of drug-likeness (QED) is 0.927. The van der Waals surface area contributed by atoms with E-state index < -0.39 is 0 Å². The molecule has 1 aliphatic carbocycles. The van der Waals surface area contributed by atoms with Gasteiger partial charge in [0.2, 0.25) is 0 Å². The molecule has 130 valence electrons. The Morgan fingerprint density at radius 2 is 1.96 bits per heavy atom. The zero-order valence-corrected chi connectivity index (χ0v) is 14.7. The van der Waals surface area contributed by atoms with Crippen molar-refractivity contribution in [1.29, 1.82) is 5.26 Å². The van der Waals surface area contributed by atoms with Crippen LogP contribution >= 0.6 is 0 Å². The molecule has 0 radical (unpaired) electrons. The van der Waals surface area contributed by atoms with Crippen molar-refractivity contribution < 1.29 is 0 Å². The van der Waals surface area contributed by atoms with Crippen LogP contribution in [0, 0.1) is 11.3 Å².